The number of hydrogen-bond donors (Lipinski definition) is 0. The van der Waals surface area contributed by atoms with E-state index in [1.165, 1.54) is 11.8 Å². The molecule has 3 nitrogen and oxygen atoms in total. The van der Waals surface area contributed by atoms with Gasteiger partial charge in [-0.1, -0.05) is 80.6 Å². The summed E-state index contributed by atoms with van der Waals surface area (Å²) in [7, 11) is -3.26. The van der Waals surface area contributed by atoms with Crippen molar-refractivity contribution in [3.05, 3.63) is 132 Å². The van der Waals surface area contributed by atoms with Gasteiger partial charge in [0.1, 0.15) is 0 Å². The second-order valence-corrected chi connectivity index (χ2v) is 11.7. The Bertz CT molecular complexity index is 1700. The molecular formula is C33H29NO2S. The van der Waals surface area contributed by atoms with Crippen molar-refractivity contribution < 1.29 is 8.42 Å². The molecule has 1 heterocycles. The monoisotopic (exact) mass is 503 g/mol. The van der Waals surface area contributed by atoms with E-state index in [0.717, 1.165) is 44.3 Å². The van der Waals surface area contributed by atoms with E-state index in [-0.39, 0.29) is 0 Å². The van der Waals surface area contributed by atoms with Crippen LogP contribution in [0, 0.1) is 0 Å². The van der Waals surface area contributed by atoms with Crippen LogP contribution in [0.2, 0.25) is 0 Å². The summed E-state index contributed by atoms with van der Waals surface area (Å²) in [5.41, 5.74) is 8.61. The molecule has 1 aromatic heterocycles. The Kier molecular flexibility index (Phi) is 6.77. The summed E-state index contributed by atoms with van der Waals surface area (Å²) in [6.07, 6.45) is 5.24. The summed E-state index contributed by atoms with van der Waals surface area (Å²) in [6.45, 7) is 4.42. The first kappa shape index (κ1) is 24.7. The molecule has 0 amide bonds. The molecule has 0 atom stereocenters. The lowest BCUT2D eigenvalue weighted by atomic mass is 9.92. The SMILES string of the molecule is CC(C)c1cc(-c2cccc(/C=C(/c3ccccc3)c3ccc(S(C)(=O)=O)cc3)c2)c2ncccc2c1. The summed E-state index contributed by atoms with van der Waals surface area (Å²) in [4.78, 5) is 5.02. The first-order valence-corrected chi connectivity index (χ1v) is 14.3. The van der Waals surface area contributed by atoms with Crippen molar-refractivity contribution in [3.8, 4) is 11.1 Å². The number of hydrogen-bond acceptors (Lipinski definition) is 3. The highest BCUT2D eigenvalue weighted by Crippen LogP contribution is 2.33. The molecule has 5 rings (SSSR count). The molecule has 0 aliphatic carbocycles. The van der Waals surface area contributed by atoms with E-state index < -0.39 is 9.84 Å². The van der Waals surface area contributed by atoms with E-state index in [1.54, 1.807) is 12.1 Å². The van der Waals surface area contributed by atoms with Gasteiger partial charge in [0.15, 0.2) is 9.84 Å². The molecule has 0 fully saturated rings. The van der Waals surface area contributed by atoms with E-state index in [1.807, 2.05) is 42.6 Å². The topological polar surface area (TPSA) is 47.0 Å². The predicted octanol–water partition coefficient (Wildman–Crippen LogP) is 8.02. The zero-order chi connectivity index (χ0) is 26.0. The minimum Gasteiger partial charge on any atom is -0.256 e. The smallest absolute Gasteiger partial charge is 0.175 e. The maximum atomic E-state index is 12.0. The number of sulfone groups is 1. The first-order chi connectivity index (χ1) is 17.8. The molecule has 0 unspecified atom stereocenters. The fourth-order valence-electron chi connectivity index (χ4n) is 4.56. The number of rotatable bonds is 6. The Morgan fingerprint density at radius 2 is 1.51 bits per heavy atom. The number of fused-ring (bicyclic) bond motifs is 1. The molecule has 0 bridgehead atoms. The van der Waals surface area contributed by atoms with E-state index in [9.17, 15) is 8.42 Å². The summed E-state index contributed by atoms with van der Waals surface area (Å²) < 4.78 is 24.0. The molecule has 0 aliphatic rings. The second kappa shape index (κ2) is 10.2. The molecule has 0 aliphatic heterocycles. The Labute approximate surface area is 219 Å². The van der Waals surface area contributed by atoms with Crippen LogP contribution in [0.4, 0.5) is 0 Å². The van der Waals surface area contributed by atoms with Crippen molar-refractivity contribution in [1.82, 2.24) is 4.98 Å². The molecule has 0 N–H and O–H groups in total. The molecule has 37 heavy (non-hydrogen) atoms. The van der Waals surface area contributed by atoms with Crippen LogP contribution in [-0.2, 0) is 9.84 Å². The number of nitrogens with zero attached hydrogens (tertiary/aromatic N) is 1. The summed E-state index contributed by atoms with van der Waals surface area (Å²) in [6, 6.07) is 34.4. The molecule has 4 heteroatoms. The van der Waals surface area contributed by atoms with Crippen LogP contribution in [0.15, 0.2) is 114 Å². The fraction of sp³-hybridized carbons (Fsp3) is 0.121. The van der Waals surface area contributed by atoms with Crippen molar-refractivity contribution in [2.45, 2.75) is 24.7 Å². The largest absolute Gasteiger partial charge is 0.256 e. The maximum absolute atomic E-state index is 12.0. The fourth-order valence-corrected chi connectivity index (χ4v) is 5.19. The third kappa shape index (κ3) is 5.40. The molecule has 184 valence electrons. The third-order valence-corrected chi connectivity index (χ3v) is 7.71. The van der Waals surface area contributed by atoms with Gasteiger partial charge in [-0.05, 0) is 81.8 Å². The summed E-state index contributed by atoms with van der Waals surface area (Å²) in [5, 5.41) is 1.14. The Hall–Kier alpha value is -4.02. The molecular weight excluding hydrogens is 474 g/mol. The highest BCUT2D eigenvalue weighted by molar-refractivity contribution is 7.90. The van der Waals surface area contributed by atoms with Crippen molar-refractivity contribution >= 4 is 32.4 Å². The molecule has 0 spiro atoms. The number of aromatic nitrogens is 1. The van der Waals surface area contributed by atoms with Gasteiger partial charge in [-0.15, -0.1) is 0 Å². The van der Waals surface area contributed by atoms with Crippen LogP contribution >= 0.6 is 0 Å². The van der Waals surface area contributed by atoms with Gasteiger partial charge in [-0.2, -0.15) is 0 Å². The number of benzene rings is 4. The van der Waals surface area contributed by atoms with Crippen LogP contribution in [0.5, 0.6) is 0 Å². The Morgan fingerprint density at radius 1 is 0.784 bits per heavy atom. The predicted molar refractivity (Wildman–Crippen MR) is 154 cm³/mol. The van der Waals surface area contributed by atoms with Gasteiger partial charge in [-0.3, -0.25) is 4.98 Å². The zero-order valence-corrected chi connectivity index (χ0v) is 22.0. The van der Waals surface area contributed by atoms with Crippen LogP contribution in [-0.4, -0.2) is 19.7 Å². The quantitative estimate of drug-likeness (QED) is 0.220. The summed E-state index contributed by atoms with van der Waals surface area (Å²) >= 11 is 0. The minimum absolute atomic E-state index is 0.315. The molecule has 4 aromatic carbocycles. The van der Waals surface area contributed by atoms with Gasteiger partial charge in [0.2, 0.25) is 0 Å². The lowest BCUT2D eigenvalue weighted by molar-refractivity contribution is 0.602. The van der Waals surface area contributed by atoms with E-state index in [0.29, 0.717) is 10.8 Å². The van der Waals surface area contributed by atoms with Gasteiger partial charge in [0.05, 0.1) is 10.4 Å². The number of pyridine rings is 1. The Morgan fingerprint density at radius 3 is 2.22 bits per heavy atom. The van der Waals surface area contributed by atoms with Gasteiger partial charge in [0, 0.05) is 23.4 Å². The van der Waals surface area contributed by atoms with Crippen molar-refractivity contribution in [1.29, 1.82) is 0 Å². The van der Waals surface area contributed by atoms with Gasteiger partial charge in [-0.25, -0.2) is 8.42 Å². The van der Waals surface area contributed by atoms with E-state index in [2.05, 4.69) is 74.5 Å². The zero-order valence-electron chi connectivity index (χ0n) is 21.2. The van der Waals surface area contributed by atoms with Crippen LogP contribution in [0.1, 0.15) is 42.0 Å². The van der Waals surface area contributed by atoms with Gasteiger partial charge >= 0.3 is 0 Å². The van der Waals surface area contributed by atoms with E-state index >= 15 is 0 Å². The normalized spacial score (nSPS) is 12.3. The van der Waals surface area contributed by atoms with Crippen LogP contribution < -0.4 is 0 Å². The van der Waals surface area contributed by atoms with E-state index in [4.69, 9.17) is 4.98 Å². The van der Waals surface area contributed by atoms with Crippen molar-refractivity contribution in [3.63, 3.8) is 0 Å². The maximum Gasteiger partial charge on any atom is 0.175 e. The van der Waals surface area contributed by atoms with Crippen molar-refractivity contribution in [2.75, 3.05) is 6.26 Å². The second-order valence-electron chi connectivity index (χ2n) is 9.64. The third-order valence-electron chi connectivity index (χ3n) is 6.58. The molecule has 5 aromatic rings. The highest BCUT2D eigenvalue weighted by atomic mass is 32.2. The minimum atomic E-state index is -3.26. The molecule has 0 saturated carbocycles. The average molecular weight is 504 g/mol. The molecule has 0 saturated heterocycles. The highest BCUT2D eigenvalue weighted by Gasteiger charge is 2.12. The lowest BCUT2D eigenvalue weighted by Crippen LogP contribution is -1.97. The lowest BCUT2D eigenvalue weighted by Gasteiger charge is -2.13. The molecule has 0 radical (unpaired) electrons. The standard InChI is InChI=1S/C33H29NO2S/c1-23(2)29-21-28-13-8-18-34-33(28)32(22-29)27-12-7-9-24(19-27)20-31(25-10-5-4-6-11-25)26-14-16-30(17-15-26)37(3,35)36/h4-23H,1-3H3/b31-20-. The van der Waals surface area contributed by atoms with Gasteiger partial charge < -0.3 is 0 Å². The summed E-state index contributed by atoms with van der Waals surface area (Å²) in [5.74, 6) is 0.408. The average Bonchev–Trinajstić information content (AvgIpc) is 2.91. The van der Waals surface area contributed by atoms with Crippen LogP contribution in [0.3, 0.4) is 0 Å². The van der Waals surface area contributed by atoms with Gasteiger partial charge in [0.25, 0.3) is 0 Å². The first-order valence-electron chi connectivity index (χ1n) is 12.4. The van der Waals surface area contributed by atoms with Crippen LogP contribution in [0.25, 0.3) is 33.7 Å². The van der Waals surface area contributed by atoms with Crippen molar-refractivity contribution in [2.24, 2.45) is 0 Å². The Balaban J connectivity index is 1.65.